The van der Waals surface area contributed by atoms with Crippen LogP contribution in [0.25, 0.3) is 0 Å². The SMILES string of the molecule is O=C1CCC(NC(=O)c2ccc(Oc3ccccc3)cc2)CN1. The smallest absolute Gasteiger partial charge is 0.251 e. The summed E-state index contributed by atoms with van der Waals surface area (Å²) in [7, 11) is 0. The fourth-order valence-electron chi connectivity index (χ4n) is 2.42. The third-order valence-corrected chi connectivity index (χ3v) is 3.70. The van der Waals surface area contributed by atoms with Gasteiger partial charge in [0.2, 0.25) is 5.91 Å². The van der Waals surface area contributed by atoms with E-state index in [-0.39, 0.29) is 17.9 Å². The number of benzene rings is 2. The third kappa shape index (κ3) is 4.10. The number of ether oxygens (including phenoxy) is 1. The molecule has 0 spiro atoms. The monoisotopic (exact) mass is 310 g/mol. The van der Waals surface area contributed by atoms with Crippen molar-refractivity contribution >= 4 is 11.8 Å². The van der Waals surface area contributed by atoms with Crippen LogP contribution in [-0.2, 0) is 4.79 Å². The molecule has 2 aromatic carbocycles. The van der Waals surface area contributed by atoms with Crippen LogP contribution >= 0.6 is 0 Å². The predicted octanol–water partition coefficient (Wildman–Crippen LogP) is 2.49. The van der Waals surface area contributed by atoms with Crippen LogP contribution in [0.4, 0.5) is 0 Å². The molecular formula is C18H18N2O3. The van der Waals surface area contributed by atoms with Crippen molar-refractivity contribution in [2.45, 2.75) is 18.9 Å². The Hall–Kier alpha value is -2.82. The summed E-state index contributed by atoms with van der Waals surface area (Å²) in [5.74, 6) is 1.33. The average Bonchev–Trinajstić information content (AvgIpc) is 2.58. The third-order valence-electron chi connectivity index (χ3n) is 3.70. The number of piperidine rings is 1. The highest BCUT2D eigenvalue weighted by Gasteiger charge is 2.20. The van der Waals surface area contributed by atoms with Gasteiger partial charge in [-0.2, -0.15) is 0 Å². The molecule has 2 amide bonds. The number of hydrogen-bond acceptors (Lipinski definition) is 3. The number of carbonyl (C=O) groups excluding carboxylic acids is 2. The second-order valence-corrected chi connectivity index (χ2v) is 5.45. The van der Waals surface area contributed by atoms with Gasteiger partial charge in [0.15, 0.2) is 0 Å². The summed E-state index contributed by atoms with van der Waals surface area (Å²) in [5, 5.41) is 5.68. The van der Waals surface area contributed by atoms with Gasteiger partial charge in [0.05, 0.1) is 0 Å². The van der Waals surface area contributed by atoms with E-state index >= 15 is 0 Å². The van der Waals surface area contributed by atoms with E-state index in [0.717, 1.165) is 5.75 Å². The Balaban J connectivity index is 1.58. The van der Waals surface area contributed by atoms with E-state index in [9.17, 15) is 9.59 Å². The summed E-state index contributed by atoms with van der Waals surface area (Å²) >= 11 is 0. The van der Waals surface area contributed by atoms with Crippen molar-refractivity contribution in [2.75, 3.05) is 6.54 Å². The average molecular weight is 310 g/mol. The fourth-order valence-corrected chi connectivity index (χ4v) is 2.42. The predicted molar refractivity (Wildman–Crippen MR) is 86.5 cm³/mol. The lowest BCUT2D eigenvalue weighted by Crippen LogP contribution is -2.47. The number of nitrogens with one attached hydrogen (secondary N) is 2. The minimum Gasteiger partial charge on any atom is -0.457 e. The molecule has 0 radical (unpaired) electrons. The highest BCUT2D eigenvalue weighted by Crippen LogP contribution is 2.21. The number of hydrogen-bond donors (Lipinski definition) is 2. The Morgan fingerprint density at radius 1 is 1.04 bits per heavy atom. The molecule has 2 N–H and O–H groups in total. The molecule has 0 saturated carbocycles. The summed E-state index contributed by atoms with van der Waals surface area (Å²) < 4.78 is 5.70. The van der Waals surface area contributed by atoms with E-state index in [4.69, 9.17) is 4.74 Å². The number of carbonyl (C=O) groups is 2. The van der Waals surface area contributed by atoms with Gasteiger partial charge in [0.1, 0.15) is 11.5 Å². The zero-order valence-electron chi connectivity index (χ0n) is 12.6. The van der Waals surface area contributed by atoms with Gasteiger partial charge < -0.3 is 15.4 Å². The maximum atomic E-state index is 12.2. The molecule has 3 rings (SSSR count). The molecule has 1 aliphatic rings. The van der Waals surface area contributed by atoms with E-state index in [1.54, 1.807) is 24.3 Å². The molecule has 0 aliphatic carbocycles. The zero-order chi connectivity index (χ0) is 16.1. The lowest BCUT2D eigenvalue weighted by atomic mass is 10.1. The minimum absolute atomic E-state index is 0.0135. The van der Waals surface area contributed by atoms with Crippen molar-refractivity contribution in [1.82, 2.24) is 10.6 Å². The Kier molecular flexibility index (Phi) is 4.57. The van der Waals surface area contributed by atoms with E-state index in [2.05, 4.69) is 10.6 Å². The van der Waals surface area contributed by atoms with Gasteiger partial charge in [-0.25, -0.2) is 0 Å². The number of rotatable bonds is 4. The van der Waals surface area contributed by atoms with Crippen LogP contribution in [0.1, 0.15) is 23.2 Å². The summed E-state index contributed by atoms with van der Waals surface area (Å²) in [6.07, 6.45) is 1.13. The quantitative estimate of drug-likeness (QED) is 0.911. The first-order valence-corrected chi connectivity index (χ1v) is 7.61. The topological polar surface area (TPSA) is 67.4 Å². The molecule has 5 heteroatoms. The molecule has 1 saturated heterocycles. The van der Waals surface area contributed by atoms with Crippen molar-refractivity contribution in [3.63, 3.8) is 0 Å². The molecule has 0 bridgehead atoms. The van der Waals surface area contributed by atoms with E-state index in [1.165, 1.54) is 0 Å². The Morgan fingerprint density at radius 2 is 1.74 bits per heavy atom. The zero-order valence-corrected chi connectivity index (χ0v) is 12.6. The Labute approximate surface area is 134 Å². The molecule has 23 heavy (non-hydrogen) atoms. The number of para-hydroxylation sites is 1. The van der Waals surface area contributed by atoms with Crippen LogP contribution in [0.15, 0.2) is 54.6 Å². The molecule has 1 aliphatic heterocycles. The first-order chi connectivity index (χ1) is 11.2. The Morgan fingerprint density at radius 3 is 2.39 bits per heavy atom. The van der Waals surface area contributed by atoms with E-state index < -0.39 is 0 Å². The largest absolute Gasteiger partial charge is 0.457 e. The second-order valence-electron chi connectivity index (χ2n) is 5.45. The van der Waals surface area contributed by atoms with Crippen molar-refractivity contribution in [1.29, 1.82) is 0 Å². The summed E-state index contributed by atoms with van der Waals surface area (Å²) in [5.41, 5.74) is 0.572. The van der Waals surface area contributed by atoms with Gasteiger partial charge >= 0.3 is 0 Å². The number of amides is 2. The van der Waals surface area contributed by atoms with Crippen molar-refractivity contribution in [3.05, 3.63) is 60.2 Å². The van der Waals surface area contributed by atoms with Crippen molar-refractivity contribution < 1.29 is 14.3 Å². The van der Waals surface area contributed by atoms with Gasteiger partial charge in [-0.3, -0.25) is 9.59 Å². The molecule has 1 fully saturated rings. The van der Waals surface area contributed by atoms with Crippen LogP contribution in [0.3, 0.4) is 0 Å². The standard InChI is InChI=1S/C18H18N2O3/c21-17-11-8-14(12-19-17)20-18(22)13-6-9-16(10-7-13)23-15-4-2-1-3-5-15/h1-7,9-10,14H,8,11-12H2,(H,19,21)(H,20,22). The first-order valence-electron chi connectivity index (χ1n) is 7.61. The van der Waals surface area contributed by atoms with Gasteiger partial charge in [0, 0.05) is 24.6 Å². The van der Waals surface area contributed by atoms with E-state index in [1.807, 2.05) is 30.3 Å². The van der Waals surface area contributed by atoms with Crippen molar-refractivity contribution in [3.8, 4) is 11.5 Å². The summed E-state index contributed by atoms with van der Waals surface area (Å²) in [4.78, 5) is 23.3. The molecule has 0 aromatic heterocycles. The van der Waals surface area contributed by atoms with Crippen molar-refractivity contribution in [2.24, 2.45) is 0 Å². The highest BCUT2D eigenvalue weighted by molar-refractivity contribution is 5.94. The fraction of sp³-hybridized carbons (Fsp3) is 0.222. The summed E-state index contributed by atoms with van der Waals surface area (Å²) in [6, 6.07) is 16.5. The summed E-state index contributed by atoms with van der Waals surface area (Å²) in [6.45, 7) is 0.486. The molecule has 2 aromatic rings. The lowest BCUT2D eigenvalue weighted by molar-refractivity contribution is -0.122. The van der Waals surface area contributed by atoms with Crippen LogP contribution in [0, 0.1) is 0 Å². The molecular weight excluding hydrogens is 292 g/mol. The van der Waals surface area contributed by atoms with Gasteiger partial charge in [-0.15, -0.1) is 0 Å². The normalized spacial score (nSPS) is 17.2. The first kappa shape index (κ1) is 15.1. The van der Waals surface area contributed by atoms with Gasteiger partial charge in [0.25, 0.3) is 5.91 Å². The highest BCUT2D eigenvalue weighted by atomic mass is 16.5. The maximum absolute atomic E-state index is 12.2. The minimum atomic E-state index is -0.141. The molecule has 118 valence electrons. The van der Waals surface area contributed by atoms with Crippen LogP contribution in [0.2, 0.25) is 0 Å². The molecule has 1 atom stereocenters. The Bertz CT molecular complexity index is 673. The second kappa shape index (κ2) is 6.96. The van der Waals surface area contributed by atoms with Gasteiger partial charge in [-0.05, 0) is 42.8 Å². The maximum Gasteiger partial charge on any atom is 0.251 e. The van der Waals surface area contributed by atoms with Crippen LogP contribution in [-0.4, -0.2) is 24.4 Å². The molecule has 5 nitrogen and oxygen atoms in total. The molecule has 1 unspecified atom stereocenters. The van der Waals surface area contributed by atoms with Crippen LogP contribution in [0.5, 0.6) is 11.5 Å². The van der Waals surface area contributed by atoms with Gasteiger partial charge in [-0.1, -0.05) is 18.2 Å². The van der Waals surface area contributed by atoms with Crippen LogP contribution < -0.4 is 15.4 Å². The molecule has 1 heterocycles. The van der Waals surface area contributed by atoms with E-state index in [0.29, 0.717) is 30.7 Å². The lowest BCUT2D eigenvalue weighted by Gasteiger charge is -2.23.